The van der Waals surface area contributed by atoms with Crippen LogP contribution >= 0.6 is 0 Å². The Morgan fingerprint density at radius 2 is 1.91 bits per heavy atom. The van der Waals surface area contributed by atoms with Gasteiger partial charge < -0.3 is 14.5 Å². The lowest BCUT2D eigenvalue weighted by atomic mass is 10.0. The highest BCUT2D eigenvalue weighted by atomic mass is 19.4. The van der Waals surface area contributed by atoms with Gasteiger partial charge in [0.2, 0.25) is 0 Å². The smallest absolute Gasteiger partial charge is 0.444 e. The summed E-state index contributed by atoms with van der Waals surface area (Å²) < 4.78 is 48.2. The van der Waals surface area contributed by atoms with Crippen LogP contribution in [0.5, 0.6) is 0 Å². The van der Waals surface area contributed by atoms with Gasteiger partial charge in [-0.25, -0.2) is 9.48 Å². The standard InChI is InChI=1S/C30H39F3N8O3/c1-20(41-19-26(35-36-41)22-13-25(16-34-15-22)37(5)30(31,32)33)39-12-10-23(14-27(39)42)38-11-6-7-24(18-38)40(17-21-8-9-21)28(43)44-29(2,3)4/h10,12-16,19-21,24H,6-9,11,17-18H2,1-5H3/t20?,24-/m1/s1. The zero-order chi connectivity index (χ0) is 31.8. The van der Waals surface area contributed by atoms with Crippen molar-refractivity contribution < 1.29 is 22.7 Å². The molecule has 4 heterocycles. The summed E-state index contributed by atoms with van der Waals surface area (Å²) in [5.41, 5.74) is 0.504. The molecule has 3 aromatic rings. The number of rotatable bonds is 8. The van der Waals surface area contributed by atoms with Crippen LogP contribution < -0.4 is 15.4 Å². The third kappa shape index (κ3) is 7.33. The molecular weight excluding hydrogens is 577 g/mol. The number of carbonyl (C=O) groups is 1. The predicted molar refractivity (Wildman–Crippen MR) is 159 cm³/mol. The summed E-state index contributed by atoms with van der Waals surface area (Å²) in [6.45, 7) is 9.45. The van der Waals surface area contributed by atoms with Gasteiger partial charge in [-0.1, -0.05) is 5.21 Å². The topological polar surface area (TPSA) is 102 Å². The molecule has 0 bridgehead atoms. The first-order valence-electron chi connectivity index (χ1n) is 14.8. The molecule has 5 rings (SSSR count). The van der Waals surface area contributed by atoms with E-state index >= 15 is 0 Å². The second-order valence-corrected chi connectivity index (χ2v) is 12.6. The molecule has 0 spiro atoms. The van der Waals surface area contributed by atoms with Crippen LogP contribution in [-0.2, 0) is 4.74 Å². The Labute approximate surface area is 254 Å². The lowest BCUT2D eigenvalue weighted by Crippen LogP contribution is -2.52. The molecule has 11 nitrogen and oxygen atoms in total. The number of pyridine rings is 2. The molecule has 2 aliphatic rings. The van der Waals surface area contributed by atoms with E-state index < -0.39 is 18.1 Å². The van der Waals surface area contributed by atoms with E-state index in [9.17, 15) is 22.8 Å². The van der Waals surface area contributed by atoms with Crippen LogP contribution in [-0.4, -0.2) is 80.2 Å². The lowest BCUT2D eigenvalue weighted by Gasteiger charge is -2.40. The molecule has 1 amide bonds. The highest BCUT2D eigenvalue weighted by Crippen LogP contribution is 2.33. The number of ether oxygens (including phenoxy) is 1. The van der Waals surface area contributed by atoms with Crippen molar-refractivity contribution in [1.29, 1.82) is 0 Å². The number of anilines is 2. The van der Waals surface area contributed by atoms with E-state index in [1.165, 1.54) is 21.5 Å². The number of hydrogen-bond donors (Lipinski definition) is 0. The maximum atomic E-state index is 13.3. The van der Waals surface area contributed by atoms with Crippen molar-refractivity contribution in [2.45, 2.75) is 77.5 Å². The first-order valence-corrected chi connectivity index (χ1v) is 14.8. The summed E-state index contributed by atoms with van der Waals surface area (Å²) in [5, 5.41) is 8.24. The molecule has 2 fully saturated rings. The average Bonchev–Trinajstić information content (AvgIpc) is 3.66. The van der Waals surface area contributed by atoms with Crippen molar-refractivity contribution in [3.05, 3.63) is 53.3 Å². The molecule has 1 saturated carbocycles. The van der Waals surface area contributed by atoms with Crippen molar-refractivity contribution in [3.63, 3.8) is 0 Å². The van der Waals surface area contributed by atoms with Crippen LogP contribution in [0.15, 0.2) is 47.8 Å². The molecule has 1 aliphatic carbocycles. The van der Waals surface area contributed by atoms with E-state index in [1.807, 2.05) is 31.7 Å². The molecule has 1 aliphatic heterocycles. The monoisotopic (exact) mass is 616 g/mol. The van der Waals surface area contributed by atoms with E-state index in [0.717, 1.165) is 51.2 Å². The van der Waals surface area contributed by atoms with Gasteiger partial charge in [-0.05, 0) is 71.4 Å². The summed E-state index contributed by atoms with van der Waals surface area (Å²) in [6, 6.07) is 4.77. The third-order valence-electron chi connectivity index (χ3n) is 8.00. The van der Waals surface area contributed by atoms with Crippen LogP contribution in [0, 0.1) is 5.92 Å². The van der Waals surface area contributed by atoms with Crippen molar-refractivity contribution in [2.24, 2.45) is 5.92 Å². The number of aromatic nitrogens is 5. The molecule has 0 aromatic carbocycles. The zero-order valence-electron chi connectivity index (χ0n) is 25.7. The van der Waals surface area contributed by atoms with Crippen molar-refractivity contribution in [2.75, 3.05) is 36.5 Å². The lowest BCUT2D eigenvalue weighted by molar-refractivity contribution is -0.125. The first kappa shape index (κ1) is 31.3. The van der Waals surface area contributed by atoms with E-state index in [2.05, 4.69) is 20.2 Å². The summed E-state index contributed by atoms with van der Waals surface area (Å²) in [6.07, 6.45) is 4.40. The normalized spacial score (nSPS) is 18.2. The third-order valence-corrected chi connectivity index (χ3v) is 8.00. The van der Waals surface area contributed by atoms with Gasteiger partial charge in [-0.15, -0.1) is 5.10 Å². The minimum Gasteiger partial charge on any atom is -0.444 e. The quantitative estimate of drug-likeness (QED) is 0.321. The van der Waals surface area contributed by atoms with Gasteiger partial charge in [0, 0.05) is 56.4 Å². The Morgan fingerprint density at radius 3 is 2.57 bits per heavy atom. The second-order valence-electron chi connectivity index (χ2n) is 12.6. The van der Waals surface area contributed by atoms with Gasteiger partial charge in [-0.3, -0.25) is 19.2 Å². The molecule has 14 heteroatoms. The Kier molecular flexibility index (Phi) is 8.63. The molecule has 238 valence electrons. The predicted octanol–water partition coefficient (Wildman–Crippen LogP) is 5.14. The maximum absolute atomic E-state index is 13.3. The summed E-state index contributed by atoms with van der Waals surface area (Å²) in [7, 11) is 0.922. The minimum absolute atomic E-state index is 0.0157. The summed E-state index contributed by atoms with van der Waals surface area (Å²) >= 11 is 0. The minimum atomic E-state index is -4.55. The van der Waals surface area contributed by atoms with Gasteiger partial charge in [-0.2, -0.15) is 13.2 Å². The van der Waals surface area contributed by atoms with E-state index in [-0.39, 0.29) is 28.3 Å². The Hall–Kier alpha value is -4.10. The number of piperidine rings is 1. The number of nitrogens with zero attached hydrogens (tertiary/aromatic N) is 8. The molecule has 44 heavy (non-hydrogen) atoms. The van der Waals surface area contributed by atoms with Crippen LogP contribution in [0.2, 0.25) is 0 Å². The highest BCUT2D eigenvalue weighted by Gasteiger charge is 2.36. The molecule has 2 atom stereocenters. The molecule has 1 unspecified atom stereocenters. The Balaban J connectivity index is 1.30. The molecule has 1 saturated heterocycles. The van der Waals surface area contributed by atoms with Crippen LogP contribution in [0.3, 0.4) is 0 Å². The van der Waals surface area contributed by atoms with Crippen LogP contribution in [0.4, 0.5) is 29.3 Å². The number of alkyl halides is 3. The fraction of sp³-hybridized carbons (Fsp3) is 0.567. The number of halogens is 3. The Bertz CT molecular complexity index is 1530. The van der Waals surface area contributed by atoms with Gasteiger partial charge in [0.1, 0.15) is 17.5 Å². The number of carbonyl (C=O) groups excluding carboxylic acids is 1. The zero-order valence-corrected chi connectivity index (χ0v) is 25.7. The first-order chi connectivity index (χ1) is 20.7. The van der Waals surface area contributed by atoms with Crippen molar-refractivity contribution >= 4 is 17.5 Å². The molecular formula is C30H39F3N8O3. The second kappa shape index (κ2) is 12.1. The van der Waals surface area contributed by atoms with Gasteiger partial charge >= 0.3 is 12.4 Å². The van der Waals surface area contributed by atoms with E-state index in [4.69, 9.17) is 4.74 Å². The SMILES string of the molecule is CC(n1cc(-c2cncc(N(C)C(F)(F)F)c2)nn1)n1ccc(N2CCC[C@@H](N(CC3CC3)C(=O)OC(C)(C)C)C2)cc1=O. The molecule has 0 N–H and O–H groups in total. The average molecular weight is 617 g/mol. The van der Waals surface area contributed by atoms with Crippen LogP contribution in [0.1, 0.15) is 59.5 Å². The fourth-order valence-corrected chi connectivity index (χ4v) is 5.32. The van der Waals surface area contributed by atoms with Gasteiger partial charge in [0.05, 0.1) is 24.1 Å². The van der Waals surface area contributed by atoms with E-state index in [1.54, 1.807) is 25.4 Å². The summed E-state index contributed by atoms with van der Waals surface area (Å²) in [4.78, 5) is 34.5. The fourth-order valence-electron chi connectivity index (χ4n) is 5.32. The number of hydrogen-bond acceptors (Lipinski definition) is 8. The van der Waals surface area contributed by atoms with E-state index in [0.29, 0.717) is 30.3 Å². The van der Waals surface area contributed by atoms with Crippen molar-refractivity contribution in [1.82, 2.24) is 29.4 Å². The Morgan fingerprint density at radius 1 is 1.16 bits per heavy atom. The molecule has 0 radical (unpaired) electrons. The summed E-state index contributed by atoms with van der Waals surface area (Å²) in [5.74, 6) is 0.516. The van der Waals surface area contributed by atoms with Crippen molar-refractivity contribution in [3.8, 4) is 11.3 Å². The van der Waals surface area contributed by atoms with Gasteiger partial charge in [0.15, 0.2) is 0 Å². The van der Waals surface area contributed by atoms with Gasteiger partial charge in [0.25, 0.3) is 5.56 Å². The highest BCUT2D eigenvalue weighted by molar-refractivity contribution is 5.69. The molecule has 3 aromatic heterocycles. The van der Waals surface area contributed by atoms with Crippen LogP contribution in [0.25, 0.3) is 11.3 Å². The maximum Gasteiger partial charge on any atom is 0.484 e. The largest absolute Gasteiger partial charge is 0.484 e. The number of amides is 1.